The quantitative estimate of drug-likeness (QED) is 0.861. The van der Waals surface area contributed by atoms with Gasteiger partial charge in [0.25, 0.3) is 0 Å². The van der Waals surface area contributed by atoms with Gasteiger partial charge in [-0.15, -0.1) is 0 Å². The molecular weight excluding hydrogens is 305 g/mol. The maximum atomic E-state index is 11.8. The highest BCUT2D eigenvalue weighted by atomic mass is 19.4. The largest absolute Gasteiger partial charge is 0.417 e. The monoisotopic (exact) mass is 324 g/mol. The van der Waals surface area contributed by atoms with Gasteiger partial charge in [-0.2, -0.15) is 13.2 Å². The molecule has 2 aromatic rings. The lowest BCUT2D eigenvalue weighted by Gasteiger charge is -2.19. The van der Waals surface area contributed by atoms with Crippen LogP contribution in [-0.2, 0) is 6.18 Å². The lowest BCUT2D eigenvalue weighted by atomic mass is 10.2. The van der Waals surface area contributed by atoms with Gasteiger partial charge in [-0.25, -0.2) is 0 Å². The van der Waals surface area contributed by atoms with Crippen molar-refractivity contribution in [2.24, 2.45) is 0 Å². The fraction of sp³-hybridized carbons (Fsp3) is 0.353. The van der Waals surface area contributed by atoms with E-state index in [9.17, 15) is 18.0 Å². The molecule has 0 aliphatic carbocycles. The van der Waals surface area contributed by atoms with Gasteiger partial charge in [-0.3, -0.25) is 4.79 Å². The van der Waals surface area contributed by atoms with E-state index < -0.39 is 17.3 Å². The summed E-state index contributed by atoms with van der Waals surface area (Å²) in [6, 6.07) is 10.2. The number of alkyl halides is 3. The molecule has 3 rings (SSSR count). The van der Waals surface area contributed by atoms with Gasteiger partial charge >= 0.3 is 6.18 Å². The molecule has 2 heterocycles. The number of benzene rings is 1. The number of aryl methyl sites for hydroxylation is 1. The van der Waals surface area contributed by atoms with Gasteiger partial charge in [-0.05, 0) is 37.5 Å². The molecule has 0 radical (unpaired) electrons. The molecule has 0 saturated carbocycles. The Morgan fingerprint density at radius 2 is 1.70 bits per heavy atom. The van der Waals surface area contributed by atoms with Crippen LogP contribution >= 0.6 is 0 Å². The summed E-state index contributed by atoms with van der Waals surface area (Å²) in [5.41, 5.74) is 1.43. The number of aromatic nitrogens is 1. The zero-order valence-electron chi connectivity index (χ0n) is 12.9. The first-order chi connectivity index (χ1) is 10.9. The van der Waals surface area contributed by atoms with Gasteiger partial charge in [0.15, 0.2) is 0 Å². The van der Waals surface area contributed by atoms with Gasteiger partial charge in [0, 0.05) is 31.0 Å². The number of H-pyrrole nitrogens is 1. The molecule has 6 heteroatoms. The first kappa shape index (κ1) is 17.1. The average molecular weight is 324 g/mol. The van der Waals surface area contributed by atoms with Crippen LogP contribution in [0.2, 0.25) is 0 Å². The second-order valence-electron chi connectivity index (χ2n) is 5.42. The molecule has 1 aliphatic rings. The van der Waals surface area contributed by atoms with Crippen LogP contribution in [-0.4, -0.2) is 18.1 Å². The molecule has 3 nitrogen and oxygen atoms in total. The number of nitrogens with zero attached hydrogens (tertiary/aromatic N) is 1. The van der Waals surface area contributed by atoms with E-state index >= 15 is 0 Å². The summed E-state index contributed by atoms with van der Waals surface area (Å²) in [5.74, 6) is 0. The Balaban J connectivity index is 0.000000168. The molecule has 0 unspecified atom stereocenters. The summed E-state index contributed by atoms with van der Waals surface area (Å²) >= 11 is 0. The van der Waals surface area contributed by atoms with E-state index in [1.165, 1.54) is 37.2 Å². The molecule has 1 aromatic heterocycles. The smallest absolute Gasteiger partial charge is 0.371 e. The topological polar surface area (TPSA) is 36.1 Å². The van der Waals surface area contributed by atoms with E-state index in [-0.39, 0.29) is 0 Å². The van der Waals surface area contributed by atoms with Crippen LogP contribution < -0.4 is 10.5 Å². The number of halogens is 3. The number of anilines is 1. The van der Waals surface area contributed by atoms with Crippen LogP contribution in [0.5, 0.6) is 0 Å². The normalized spacial score (nSPS) is 14.3. The first-order valence-electron chi connectivity index (χ1n) is 7.44. The number of hydrogen-bond donors (Lipinski definition) is 1. The summed E-state index contributed by atoms with van der Waals surface area (Å²) in [6.07, 6.45) is -1.03. The highest BCUT2D eigenvalue weighted by molar-refractivity contribution is 5.53. The van der Waals surface area contributed by atoms with Crippen LogP contribution in [0.25, 0.3) is 0 Å². The van der Waals surface area contributed by atoms with Crippen LogP contribution in [0, 0.1) is 6.92 Å². The zero-order chi connectivity index (χ0) is 16.9. The number of aromatic amines is 1. The van der Waals surface area contributed by atoms with Crippen molar-refractivity contribution in [2.45, 2.75) is 25.9 Å². The Labute approximate surface area is 132 Å². The SMILES string of the molecule is Cc1ccccc1N1CCCC1.O=c1ccc(C(F)(F)F)c[nH]1. The van der Waals surface area contributed by atoms with Crippen molar-refractivity contribution in [3.63, 3.8) is 0 Å². The standard InChI is InChI=1S/C11H15N.C6H4F3NO/c1-10-6-2-3-7-11(10)12-8-4-5-9-12;7-6(8,9)4-1-2-5(11)10-3-4/h2-3,6-7H,4-5,8-9H2,1H3;1-3H,(H,10,11). The molecule has 124 valence electrons. The van der Waals surface area contributed by atoms with E-state index in [0.717, 1.165) is 12.1 Å². The van der Waals surface area contributed by atoms with E-state index in [1.54, 1.807) is 0 Å². The summed E-state index contributed by atoms with van der Waals surface area (Å²) in [7, 11) is 0. The Morgan fingerprint density at radius 1 is 1.04 bits per heavy atom. The van der Waals surface area contributed by atoms with Crippen LogP contribution in [0.3, 0.4) is 0 Å². The van der Waals surface area contributed by atoms with E-state index in [0.29, 0.717) is 6.20 Å². The first-order valence-corrected chi connectivity index (χ1v) is 7.44. The molecule has 1 aliphatic heterocycles. The fourth-order valence-electron chi connectivity index (χ4n) is 2.46. The van der Waals surface area contributed by atoms with Crippen molar-refractivity contribution in [2.75, 3.05) is 18.0 Å². The minimum atomic E-state index is -4.38. The molecule has 1 saturated heterocycles. The van der Waals surface area contributed by atoms with Crippen LogP contribution in [0.15, 0.2) is 47.4 Å². The van der Waals surface area contributed by atoms with Gasteiger partial charge in [0.2, 0.25) is 5.56 Å². The number of rotatable bonds is 1. The van der Waals surface area contributed by atoms with E-state index in [2.05, 4.69) is 36.1 Å². The molecule has 0 bridgehead atoms. The Morgan fingerprint density at radius 3 is 2.22 bits per heavy atom. The van der Waals surface area contributed by atoms with Gasteiger partial charge in [0.05, 0.1) is 5.56 Å². The molecule has 0 atom stereocenters. The summed E-state index contributed by atoms with van der Waals surface area (Å²) in [4.78, 5) is 14.7. The van der Waals surface area contributed by atoms with E-state index in [1.807, 2.05) is 4.98 Å². The molecule has 0 amide bonds. The molecule has 1 N–H and O–H groups in total. The van der Waals surface area contributed by atoms with Crippen molar-refractivity contribution < 1.29 is 13.2 Å². The Kier molecular flexibility index (Phi) is 5.47. The van der Waals surface area contributed by atoms with Gasteiger partial charge in [-0.1, -0.05) is 18.2 Å². The predicted octanol–water partition coefficient (Wildman–Crippen LogP) is 3.99. The Bertz CT molecular complexity index is 668. The number of pyridine rings is 1. The fourth-order valence-corrected chi connectivity index (χ4v) is 2.46. The van der Waals surface area contributed by atoms with Crippen molar-refractivity contribution in [1.82, 2.24) is 4.98 Å². The molecule has 0 spiro atoms. The van der Waals surface area contributed by atoms with Crippen molar-refractivity contribution >= 4 is 5.69 Å². The third-order valence-electron chi connectivity index (χ3n) is 3.67. The van der Waals surface area contributed by atoms with Crippen molar-refractivity contribution in [3.8, 4) is 0 Å². The predicted molar refractivity (Wildman–Crippen MR) is 84.7 cm³/mol. The number of para-hydroxylation sites is 1. The minimum Gasteiger partial charge on any atom is -0.371 e. The minimum absolute atomic E-state index is 0.544. The van der Waals surface area contributed by atoms with Gasteiger partial charge in [0.1, 0.15) is 0 Å². The highest BCUT2D eigenvalue weighted by Gasteiger charge is 2.30. The lowest BCUT2D eigenvalue weighted by Crippen LogP contribution is -2.18. The zero-order valence-corrected chi connectivity index (χ0v) is 12.9. The Hall–Kier alpha value is -2.24. The van der Waals surface area contributed by atoms with Crippen LogP contribution in [0.4, 0.5) is 18.9 Å². The maximum Gasteiger partial charge on any atom is 0.417 e. The summed E-state index contributed by atoms with van der Waals surface area (Å²) in [6.45, 7) is 4.67. The summed E-state index contributed by atoms with van der Waals surface area (Å²) in [5, 5.41) is 0. The lowest BCUT2D eigenvalue weighted by molar-refractivity contribution is -0.137. The third kappa shape index (κ3) is 4.87. The van der Waals surface area contributed by atoms with E-state index in [4.69, 9.17) is 0 Å². The molecular formula is C17H19F3N2O. The van der Waals surface area contributed by atoms with Gasteiger partial charge < -0.3 is 9.88 Å². The maximum absolute atomic E-state index is 11.8. The number of nitrogens with one attached hydrogen (secondary N) is 1. The molecule has 1 aromatic carbocycles. The number of hydrogen-bond acceptors (Lipinski definition) is 2. The second-order valence-corrected chi connectivity index (χ2v) is 5.42. The molecule has 1 fully saturated rings. The van der Waals surface area contributed by atoms with Crippen molar-refractivity contribution in [1.29, 1.82) is 0 Å². The molecule has 23 heavy (non-hydrogen) atoms. The second kappa shape index (κ2) is 7.35. The highest BCUT2D eigenvalue weighted by Crippen LogP contribution is 2.27. The third-order valence-corrected chi connectivity index (χ3v) is 3.67. The van der Waals surface area contributed by atoms with Crippen LogP contribution in [0.1, 0.15) is 24.0 Å². The summed E-state index contributed by atoms with van der Waals surface area (Å²) < 4.78 is 35.4. The average Bonchev–Trinajstić information content (AvgIpc) is 3.02. The van der Waals surface area contributed by atoms with Crippen molar-refractivity contribution in [3.05, 3.63) is 64.1 Å².